The van der Waals surface area contributed by atoms with E-state index in [0.29, 0.717) is 11.9 Å². The van der Waals surface area contributed by atoms with Crippen molar-refractivity contribution >= 4 is 5.69 Å². The molecular weight excluding hydrogens is 228 g/mol. The predicted molar refractivity (Wildman–Crippen MR) is 73.1 cm³/mol. The first-order valence-corrected chi connectivity index (χ1v) is 6.43. The third kappa shape index (κ3) is 2.91. The zero-order valence-electron chi connectivity index (χ0n) is 11.2. The van der Waals surface area contributed by atoms with Crippen molar-refractivity contribution in [2.24, 2.45) is 5.73 Å². The maximum absolute atomic E-state index is 5.71. The van der Waals surface area contributed by atoms with E-state index in [1.54, 1.807) is 13.3 Å². The fourth-order valence-corrected chi connectivity index (χ4v) is 2.28. The van der Waals surface area contributed by atoms with Crippen LogP contribution in [0, 0.1) is 0 Å². The second-order valence-electron chi connectivity index (χ2n) is 4.66. The van der Waals surface area contributed by atoms with Gasteiger partial charge < -0.3 is 15.4 Å². The summed E-state index contributed by atoms with van der Waals surface area (Å²) < 4.78 is 5.16. The highest BCUT2D eigenvalue weighted by atomic mass is 16.5. The SMILES string of the molecule is COc1cc(N2CCN(C(C)CN)CC2)ccn1. The van der Waals surface area contributed by atoms with Gasteiger partial charge in [0.25, 0.3) is 0 Å². The van der Waals surface area contributed by atoms with Gasteiger partial charge in [0.1, 0.15) is 0 Å². The van der Waals surface area contributed by atoms with Crippen molar-refractivity contribution in [3.8, 4) is 5.88 Å². The molecule has 1 atom stereocenters. The van der Waals surface area contributed by atoms with Crippen molar-refractivity contribution in [2.75, 3.05) is 44.7 Å². The van der Waals surface area contributed by atoms with Gasteiger partial charge in [-0.05, 0) is 13.0 Å². The van der Waals surface area contributed by atoms with Crippen molar-refractivity contribution in [1.82, 2.24) is 9.88 Å². The van der Waals surface area contributed by atoms with Crippen LogP contribution in [0.3, 0.4) is 0 Å². The van der Waals surface area contributed by atoms with Crippen LogP contribution in [-0.2, 0) is 0 Å². The van der Waals surface area contributed by atoms with Gasteiger partial charge in [-0.3, -0.25) is 4.90 Å². The molecule has 100 valence electrons. The first kappa shape index (κ1) is 13.1. The fourth-order valence-electron chi connectivity index (χ4n) is 2.28. The van der Waals surface area contributed by atoms with E-state index in [1.165, 1.54) is 5.69 Å². The fraction of sp³-hybridized carbons (Fsp3) is 0.615. The second-order valence-corrected chi connectivity index (χ2v) is 4.66. The van der Waals surface area contributed by atoms with Crippen molar-refractivity contribution in [1.29, 1.82) is 0 Å². The average molecular weight is 250 g/mol. The second kappa shape index (κ2) is 6.02. The molecule has 0 aromatic carbocycles. The molecular formula is C13H22N4O. The Labute approximate surface area is 109 Å². The van der Waals surface area contributed by atoms with Gasteiger partial charge in [-0.2, -0.15) is 0 Å². The Morgan fingerprint density at radius 1 is 1.39 bits per heavy atom. The van der Waals surface area contributed by atoms with Gasteiger partial charge in [0.15, 0.2) is 0 Å². The molecule has 0 amide bonds. The summed E-state index contributed by atoms with van der Waals surface area (Å²) in [7, 11) is 1.65. The molecule has 1 aromatic rings. The molecule has 18 heavy (non-hydrogen) atoms. The van der Waals surface area contributed by atoms with Crippen LogP contribution in [0.1, 0.15) is 6.92 Å². The van der Waals surface area contributed by atoms with E-state index in [4.69, 9.17) is 10.5 Å². The summed E-state index contributed by atoms with van der Waals surface area (Å²) in [5.74, 6) is 0.672. The van der Waals surface area contributed by atoms with Gasteiger partial charge in [0.05, 0.1) is 7.11 Å². The van der Waals surface area contributed by atoms with Crippen LogP contribution in [-0.4, -0.2) is 55.8 Å². The van der Waals surface area contributed by atoms with Gasteiger partial charge in [-0.1, -0.05) is 0 Å². The zero-order valence-corrected chi connectivity index (χ0v) is 11.2. The number of methoxy groups -OCH3 is 1. The van der Waals surface area contributed by atoms with Crippen molar-refractivity contribution < 1.29 is 4.74 Å². The average Bonchev–Trinajstić information content (AvgIpc) is 2.46. The van der Waals surface area contributed by atoms with Crippen LogP contribution in [0.15, 0.2) is 18.3 Å². The van der Waals surface area contributed by atoms with Crippen molar-refractivity contribution in [3.05, 3.63) is 18.3 Å². The molecule has 5 heteroatoms. The normalized spacial score (nSPS) is 18.7. The molecule has 2 rings (SSSR count). The molecule has 0 spiro atoms. The Morgan fingerprint density at radius 2 is 2.11 bits per heavy atom. The van der Waals surface area contributed by atoms with Crippen molar-refractivity contribution in [2.45, 2.75) is 13.0 Å². The monoisotopic (exact) mass is 250 g/mol. The van der Waals surface area contributed by atoms with E-state index in [-0.39, 0.29) is 0 Å². The third-order valence-electron chi connectivity index (χ3n) is 3.57. The highest BCUT2D eigenvalue weighted by Gasteiger charge is 2.20. The largest absolute Gasteiger partial charge is 0.481 e. The lowest BCUT2D eigenvalue weighted by molar-refractivity contribution is 0.201. The molecule has 1 unspecified atom stereocenters. The minimum atomic E-state index is 0.471. The van der Waals surface area contributed by atoms with Crippen LogP contribution < -0.4 is 15.4 Å². The molecule has 1 aliphatic rings. The summed E-state index contributed by atoms with van der Waals surface area (Å²) >= 11 is 0. The first-order valence-electron chi connectivity index (χ1n) is 6.43. The Hall–Kier alpha value is -1.33. The van der Waals surface area contributed by atoms with Gasteiger partial charge in [-0.25, -0.2) is 4.98 Å². The maximum Gasteiger partial charge on any atom is 0.214 e. The molecule has 1 fully saturated rings. The first-order chi connectivity index (χ1) is 8.74. The predicted octanol–water partition coefficient (Wildman–Crippen LogP) is 0.559. The molecule has 0 saturated carbocycles. The molecule has 2 N–H and O–H groups in total. The lowest BCUT2D eigenvalue weighted by atomic mass is 10.2. The minimum absolute atomic E-state index is 0.471. The number of nitrogens with two attached hydrogens (primary N) is 1. The van der Waals surface area contributed by atoms with E-state index in [0.717, 1.165) is 32.7 Å². The number of pyridine rings is 1. The molecule has 0 radical (unpaired) electrons. The minimum Gasteiger partial charge on any atom is -0.481 e. The lowest BCUT2D eigenvalue weighted by Crippen LogP contribution is -2.51. The van der Waals surface area contributed by atoms with Crippen LogP contribution in [0.25, 0.3) is 0 Å². The molecule has 0 bridgehead atoms. The standard InChI is InChI=1S/C13H22N4O/c1-11(10-14)16-5-7-17(8-6-16)12-3-4-15-13(9-12)18-2/h3-4,9,11H,5-8,10,14H2,1-2H3. The number of anilines is 1. The maximum atomic E-state index is 5.71. The van der Waals surface area contributed by atoms with Gasteiger partial charge in [0.2, 0.25) is 5.88 Å². The van der Waals surface area contributed by atoms with Crippen LogP contribution in [0.5, 0.6) is 5.88 Å². The summed E-state index contributed by atoms with van der Waals surface area (Å²) in [6.07, 6.45) is 1.79. The number of aromatic nitrogens is 1. The molecule has 2 heterocycles. The number of hydrogen-bond donors (Lipinski definition) is 1. The topological polar surface area (TPSA) is 54.6 Å². The molecule has 1 aromatic heterocycles. The number of piperazine rings is 1. The van der Waals surface area contributed by atoms with Crippen LogP contribution in [0.2, 0.25) is 0 Å². The van der Waals surface area contributed by atoms with Crippen molar-refractivity contribution in [3.63, 3.8) is 0 Å². The summed E-state index contributed by atoms with van der Waals surface area (Å²) in [4.78, 5) is 8.94. The molecule has 1 aliphatic heterocycles. The number of hydrogen-bond acceptors (Lipinski definition) is 5. The summed E-state index contributed by atoms with van der Waals surface area (Å²) in [6, 6.07) is 4.49. The molecule has 5 nitrogen and oxygen atoms in total. The van der Waals surface area contributed by atoms with E-state index in [9.17, 15) is 0 Å². The van der Waals surface area contributed by atoms with E-state index in [1.807, 2.05) is 12.1 Å². The zero-order chi connectivity index (χ0) is 13.0. The van der Waals surface area contributed by atoms with Crippen LogP contribution >= 0.6 is 0 Å². The molecule has 0 aliphatic carbocycles. The highest BCUT2D eigenvalue weighted by molar-refractivity contribution is 5.48. The summed E-state index contributed by atoms with van der Waals surface area (Å²) in [5.41, 5.74) is 6.89. The highest BCUT2D eigenvalue weighted by Crippen LogP contribution is 2.20. The van der Waals surface area contributed by atoms with E-state index < -0.39 is 0 Å². The quantitative estimate of drug-likeness (QED) is 0.846. The Morgan fingerprint density at radius 3 is 2.72 bits per heavy atom. The Bertz CT molecular complexity index is 377. The molecule has 1 saturated heterocycles. The van der Waals surface area contributed by atoms with E-state index >= 15 is 0 Å². The van der Waals surface area contributed by atoms with E-state index in [2.05, 4.69) is 21.7 Å². The van der Waals surface area contributed by atoms with Gasteiger partial charge in [0, 0.05) is 56.7 Å². The van der Waals surface area contributed by atoms with Gasteiger partial charge >= 0.3 is 0 Å². The summed E-state index contributed by atoms with van der Waals surface area (Å²) in [6.45, 7) is 7.08. The summed E-state index contributed by atoms with van der Waals surface area (Å²) in [5, 5.41) is 0. The van der Waals surface area contributed by atoms with Gasteiger partial charge in [-0.15, -0.1) is 0 Å². The lowest BCUT2D eigenvalue weighted by Gasteiger charge is -2.38. The Balaban J connectivity index is 1.96. The third-order valence-corrected chi connectivity index (χ3v) is 3.57. The number of rotatable bonds is 4. The Kier molecular flexibility index (Phi) is 4.38. The van der Waals surface area contributed by atoms with Crippen LogP contribution in [0.4, 0.5) is 5.69 Å². The smallest absolute Gasteiger partial charge is 0.214 e. The number of nitrogens with zero attached hydrogens (tertiary/aromatic N) is 3. The number of ether oxygens (including phenoxy) is 1.